The second-order valence-electron chi connectivity index (χ2n) is 9.78. The van der Waals surface area contributed by atoms with Gasteiger partial charge in [-0.15, -0.1) is 0 Å². The zero-order valence-electron chi connectivity index (χ0n) is 22.5. The maximum Gasteiger partial charge on any atom is 0.227 e. The first-order valence-electron chi connectivity index (χ1n) is 13.8. The van der Waals surface area contributed by atoms with Crippen LogP contribution in [-0.2, 0) is 22.4 Å². The number of ether oxygens (including phenoxy) is 3. The number of aliphatic hydroxyl groups excluding tert-OH is 1. The van der Waals surface area contributed by atoms with Gasteiger partial charge in [-0.1, -0.05) is 50.6 Å². The van der Waals surface area contributed by atoms with Crippen LogP contribution in [0.15, 0.2) is 54.6 Å². The van der Waals surface area contributed by atoms with Crippen LogP contribution in [0.4, 0.5) is 4.39 Å². The molecule has 1 aromatic heterocycles. The highest BCUT2D eigenvalue weighted by Crippen LogP contribution is 2.33. The molecule has 1 aliphatic heterocycles. The van der Waals surface area contributed by atoms with E-state index in [0.717, 1.165) is 49.2 Å². The first-order valence-corrected chi connectivity index (χ1v) is 13.8. The van der Waals surface area contributed by atoms with E-state index in [1.165, 1.54) is 6.07 Å². The standard InChI is InChI=1S/C30H40FN3O4/c1-3-5-17-36-22-24(35)19-33(20-25-14-11-18-37-25)21-26-28(4-2)32-34(23-12-7-6-8-13-23)30(26)38-29-16-10-9-15-27(29)31/h6-10,12-13,15-16,24-25,35H,3-5,11,14,17-22H2,1-2H3. The molecule has 8 heteroatoms. The molecule has 0 aliphatic carbocycles. The molecule has 206 valence electrons. The van der Waals surface area contributed by atoms with Crippen molar-refractivity contribution in [3.63, 3.8) is 0 Å². The topological polar surface area (TPSA) is 69.0 Å². The molecule has 0 saturated carbocycles. The molecular formula is C30H40FN3O4. The van der Waals surface area contributed by atoms with Crippen molar-refractivity contribution >= 4 is 0 Å². The van der Waals surface area contributed by atoms with Gasteiger partial charge < -0.3 is 19.3 Å². The number of unbranched alkanes of at least 4 members (excludes halogenated alkanes) is 1. The molecule has 2 atom stereocenters. The molecule has 0 bridgehead atoms. The van der Waals surface area contributed by atoms with E-state index in [0.29, 0.717) is 38.5 Å². The highest BCUT2D eigenvalue weighted by molar-refractivity contribution is 5.44. The fraction of sp³-hybridized carbons (Fsp3) is 0.500. The molecule has 38 heavy (non-hydrogen) atoms. The zero-order chi connectivity index (χ0) is 26.7. The van der Waals surface area contributed by atoms with Gasteiger partial charge in [-0.25, -0.2) is 9.07 Å². The fourth-order valence-corrected chi connectivity index (χ4v) is 4.72. The molecule has 0 amide bonds. The van der Waals surface area contributed by atoms with E-state index in [1.54, 1.807) is 22.9 Å². The number of aryl methyl sites for hydroxylation is 1. The number of aliphatic hydroxyl groups is 1. The Morgan fingerprint density at radius 1 is 1.16 bits per heavy atom. The van der Waals surface area contributed by atoms with E-state index in [1.807, 2.05) is 30.3 Å². The van der Waals surface area contributed by atoms with Gasteiger partial charge in [0.2, 0.25) is 5.88 Å². The van der Waals surface area contributed by atoms with E-state index in [-0.39, 0.29) is 18.5 Å². The highest BCUT2D eigenvalue weighted by Gasteiger charge is 2.27. The number of halogens is 1. The molecule has 2 unspecified atom stereocenters. The van der Waals surface area contributed by atoms with Crippen molar-refractivity contribution in [1.29, 1.82) is 0 Å². The van der Waals surface area contributed by atoms with Crippen molar-refractivity contribution in [3.05, 3.63) is 71.7 Å². The number of benzene rings is 2. The fourth-order valence-electron chi connectivity index (χ4n) is 4.72. The van der Waals surface area contributed by atoms with Crippen LogP contribution in [0, 0.1) is 5.82 Å². The number of hydrogen-bond donors (Lipinski definition) is 1. The maximum atomic E-state index is 14.7. The summed E-state index contributed by atoms with van der Waals surface area (Å²) >= 11 is 0. The Balaban J connectivity index is 1.65. The van der Waals surface area contributed by atoms with Crippen LogP contribution in [0.25, 0.3) is 5.69 Å². The third-order valence-electron chi connectivity index (χ3n) is 6.69. The van der Waals surface area contributed by atoms with Gasteiger partial charge in [-0.05, 0) is 49.9 Å². The summed E-state index contributed by atoms with van der Waals surface area (Å²) in [4.78, 5) is 2.18. The van der Waals surface area contributed by atoms with Crippen LogP contribution < -0.4 is 4.74 Å². The van der Waals surface area contributed by atoms with Crippen LogP contribution >= 0.6 is 0 Å². The molecule has 2 aromatic carbocycles. The van der Waals surface area contributed by atoms with Gasteiger partial charge in [0.1, 0.15) is 0 Å². The Bertz CT molecular complexity index is 1120. The van der Waals surface area contributed by atoms with Crippen LogP contribution in [0.1, 0.15) is 50.8 Å². The van der Waals surface area contributed by atoms with Crippen LogP contribution in [0.5, 0.6) is 11.6 Å². The molecule has 2 heterocycles. The summed E-state index contributed by atoms with van der Waals surface area (Å²) in [6.07, 6.45) is 4.20. The molecular weight excluding hydrogens is 485 g/mol. The summed E-state index contributed by atoms with van der Waals surface area (Å²) in [5, 5.41) is 15.7. The van der Waals surface area contributed by atoms with Crippen molar-refractivity contribution < 1.29 is 23.7 Å². The number of hydrogen-bond acceptors (Lipinski definition) is 6. The van der Waals surface area contributed by atoms with Gasteiger partial charge in [-0.2, -0.15) is 5.10 Å². The average molecular weight is 526 g/mol. The van der Waals surface area contributed by atoms with Crippen molar-refractivity contribution in [3.8, 4) is 17.3 Å². The van der Waals surface area contributed by atoms with E-state index in [9.17, 15) is 9.50 Å². The summed E-state index contributed by atoms with van der Waals surface area (Å²) in [5.74, 6) is 0.181. The third-order valence-corrected chi connectivity index (χ3v) is 6.69. The van der Waals surface area contributed by atoms with Gasteiger partial charge in [0.25, 0.3) is 0 Å². The molecule has 4 rings (SSSR count). The number of aromatic nitrogens is 2. The van der Waals surface area contributed by atoms with Crippen molar-refractivity contribution in [2.24, 2.45) is 0 Å². The minimum absolute atomic E-state index is 0.105. The van der Waals surface area contributed by atoms with Gasteiger partial charge in [0.15, 0.2) is 11.6 Å². The highest BCUT2D eigenvalue weighted by atomic mass is 19.1. The molecule has 0 radical (unpaired) electrons. The quantitative estimate of drug-likeness (QED) is 0.263. The van der Waals surface area contributed by atoms with Crippen LogP contribution in [0.3, 0.4) is 0 Å². The Kier molecular flexibility index (Phi) is 10.7. The molecule has 1 N–H and O–H groups in total. The molecule has 0 spiro atoms. The summed E-state index contributed by atoms with van der Waals surface area (Å²) in [7, 11) is 0. The predicted octanol–water partition coefficient (Wildman–Crippen LogP) is 5.52. The Hall–Kier alpha value is -2.78. The smallest absolute Gasteiger partial charge is 0.227 e. The lowest BCUT2D eigenvalue weighted by Crippen LogP contribution is -2.39. The molecule has 1 aliphatic rings. The lowest BCUT2D eigenvalue weighted by molar-refractivity contribution is 0.00135. The van der Waals surface area contributed by atoms with Crippen molar-refractivity contribution in [1.82, 2.24) is 14.7 Å². The van der Waals surface area contributed by atoms with E-state index in [2.05, 4.69) is 18.7 Å². The van der Waals surface area contributed by atoms with E-state index < -0.39 is 11.9 Å². The average Bonchev–Trinajstić information content (AvgIpc) is 3.56. The second-order valence-corrected chi connectivity index (χ2v) is 9.78. The van der Waals surface area contributed by atoms with Crippen LogP contribution in [0.2, 0.25) is 0 Å². The predicted molar refractivity (Wildman–Crippen MR) is 145 cm³/mol. The normalized spacial score (nSPS) is 16.3. The van der Waals surface area contributed by atoms with Gasteiger partial charge in [0.05, 0.1) is 35.8 Å². The zero-order valence-corrected chi connectivity index (χ0v) is 22.5. The Labute approximate surface area is 225 Å². The van der Waals surface area contributed by atoms with Gasteiger partial charge in [-0.3, -0.25) is 4.90 Å². The monoisotopic (exact) mass is 525 g/mol. The third kappa shape index (κ3) is 7.63. The minimum Gasteiger partial charge on any atom is -0.435 e. The van der Waals surface area contributed by atoms with E-state index >= 15 is 0 Å². The Morgan fingerprint density at radius 2 is 1.95 bits per heavy atom. The largest absolute Gasteiger partial charge is 0.435 e. The summed E-state index contributed by atoms with van der Waals surface area (Å²) in [6.45, 7) is 7.42. The molecule has 1 saturated heterocycles. The lowest BCUT2D eigenvalue weighted by Gasteiger charge is -2.28. The van der Waals surface area contributed by atoms with Crippen molar-refractivity contribution in [2.75, 3.05) is 32.9 Å². The summed E-state index contributed by atoms with van der Waals surface area (Å²) in [5.41, 5.74) is 2.57. The van der Waals surface area contributed by atoms with Crippen molar-refractivity contribution in [2.45, 2.75) is 64.7 Å². The first kappa shape index (κ1) is 28.2. The van der Waals surface area contributed by atoms with Gasteiger partial charge >= 0.3 is 0 Å². The molecule has 3 aromatic rings. The molecule has 7 nitrogen and oxygen atoms in total. The first-order chi connectivity index (χ1) is 18.6. The number of para-hydroxylation sites is 2. The number of nitrogens with zero attached hydrogens (tertiary/aromatic N) is 3. The summed E-state index contributed by atoms with van der Waals surface area (Å²) < 4.78 is 34.3. The minimum atomic E-state index is -0.640. The van der Waals surface area contributed by atoms with Gasteiger partial charge in [0, 0.05) is 32.8 Å². The van der Waals surface area contributed by atoms with Crippen LogP contribution in [-0.4, -0.2) is 64.9 Å². The lowest BCUT2D eigenvalue weighted by atomic mass is 10.1. The molecule has 1 fully saturated rings. The second kappa shape index (κ2) is 14.4. The maximum absolute atomic E-state index is 14.7. The van der Waals surface area contributed by atoms with E-state index in [4.69, 9.17) is 19.3 Å². The Morgan fingerprint density at radius 3 is 2.66 bits per heavy atom. The summed E-state index contributed by atoms with van der Waals surface area (Å²) in [6, 6.07) is 16.1. The SMILES string of the molecule is CCCCOCC(O)CN(Cc1c(CC)nn(-c2ccccc2)c1Oc1ccccc1F)CC1CCCO1. The number of rotatable bonds is 15.